The van der Waals surface area contributed by atoms with Crippen LogP contribution < -0.4 is 5.73 Å². The van der Waals surface area contributed by atoms with Crippen LogP contribution in [-0.2, 0) is 0 Å². The van der Waals surface area contributed by atoms with Gasteiger partial charge in [-0.05, 0) is 53.0 Å². The fraction of sp³-hybridized carbons (Fsp3) is 0.231. The van der Waals surface area contributed by atoms with Crippen molar-refractivity contribution in [3.05, 3.63) is 54.1 Å². The highest BCUT2D eigenvalue weighted by atomic mass is 79.9. The van der Waals surface area contributed by atoms with Gasteiger partial charge in [0.15, 0.2) is 0 Å². The zero-order valence-corrected chi connectivity index (χ0v) is 13.6. The van der Waals surface area contributed by atoms with Gasteiger partial charge in [0.2, 0.25) is 0 Å². The van der Waals surface area contributed by atoms with E-state index in [1.54, 1.807) is 11.3 Å². The van der Waals surface area contributed by atoms with Gasteiger partial charge in [0.05, 0.1) is 6.04 Å². The van der Waals surface area contributed by atoms with Crippen LogP contribution in [0.5, 0.6) is 0 Å². The van der Waals surface area contributed by atoms with E-state index in [4.69, 9.17) is 5.73 Å². The topological polar surface area (TPSA) is 26.0 Å². The van der Waals surface area contributed by atoms with E-state index >= 15 is 0 Å². The van der Waals surface area contributed by atoms with Gasteiger partial charge in [-0.15, -0.1) is 11.3 Å². The lowest BCUT2D eigenvalue weighted by Crippen LogP contribution is -2.10. The molecule has 90 valence electrons. The second-order valence-corrected chi connectivity index (χ2v) is 7.05. The highest BCUT2D eigenvalue weighted by Crippen LogP contribution is 2.35. The molecule has 0 fully saturated rings. The van der Waals surface area contributed by atoms with Gasteiger partial charge in [0.25, 0.3) is 0 Å². The van der Waals surface area contributed by atoms with Crippen molar-refractivity contribution in [2.24, 2.45) is 5.73 Å². The number of hydrogen-bond donors (Lipinski definition) is 1. The van der Waals surface area contributed by atoms with Crippen molar-refractivity contribution in [3.8, 4) is 0 Å². The van der Waals surface area contributed by atoms with Crippen LogP contribution in [0.4, 0.5) is 0 Å². The first kappa shape index (κ1) is 13.3. The number of benzene rings is 1. The van der Waals surface area contributed by atoms with Gasteiger partial charge >= 0.3 is 0 Å². The van der Waals surface area contributed by atoms with Crippen LogP contribution in [-0.4, -0.2) is 0 Å². The molecule has 0 amide bonds. The molecule has 1 atom stereocenters. The van der Waals surface area contributed by atoms with Crippen LogP contribution in [0, 0.1) is 13.8 Å². The van der Waals surface area contributed by atoms with Crippen molar-refractivity contribution in [1.82, 2.24) is 0 Å². The Labute approximate surface area is 122 Å². The molecular weight excluding hydrogens is 362 g/mol. The van der Waals surface area contributed by atoms with Crippen LogP contribution in [0.1, 0.15) is 26.9 Å². The Balaban J connectivity index is 2.39. The maximum Gasteiger partial charge on any atom is 0.0657 e. The standard InChI is InChI=1S/C13H13Br2NS/c1-7-3-4-9(11(15)5-7)13(16)12-6-10(14)8(2)17-12/h3-6,13H,16H2,1-2H3. The predicted octanol–water partition coefficient (Wildman–Crippen LogP) is 4.94. The Bertz CT molecular complexity index is 529. The largest absolute Gasteiger partial charge is 0.320 e. The molecule has 0 aliphatic heterocycles. The third-order valence-corrected chi connectivity index (χ3v) is 5.58. The van der Waals surface area contributed by atoms with Gasteiger partial charge in [0, 0.05) is 18.7 Å². The van der Waals surface area contributed by atoms with E-state index in [2.05, 4.69) is 70.0 Å². The lowest BCUT2D eigenvalue weighted by atomic mass is 10.0. The third-order valence-electron chi connectivity index (χ3n) is 2.67. The molecule has 2 N–H and O–H groups in total. The molecule has 0 spiro atoms. The first-order valence-corrected chi connectivity index (χ1v) is 7.66. The van der Waals surface area contributed by atoms with Gasteiger partial charge < -0.3 is 5.73 Å². The molecular formula is C13H13Br2NS. The van der Waals surface area contributed by atoms with Gasteiger partial charge in [-0.3, -0.25) is 0 Å². The highest BCUT2D eigenvalue weighted by molar-refractivity contribution is 9.10. The molecule has 0 radical (unpaired) electrons. The minimum atomic E-state index is -0.0695. The average molecular weight is 375 g/mol. The minimum absolute atomic E-state index is 0.0695. The highest BCUT2D eigenvalue weighted by Gasteiger charge is 2.15. The van der Waals surface area contributed by atoms with Gasteiger partial charge in [-0.2, -0.15) is 0 Å². The van der Waals surface area contributed by atoms with Gasteiger partial charge in [0.1, 0.15) is 0 Å². The van der Waals surface area contributed by atoms with E-state index in [1.807, 2.05) is 0 Å². The van der Waals surface area contributed by atoms with E-state index in [0.29, 0.717) is 0 Å². The molecule has 1 aromatic heterocycles. The molecule has 2 rings (SSSR count). The fourth-order valence-electron chi connectivity index (χ4n) is 1.67. The van der Waals surface area contributed by atoms with Crippen LogP contribution in [0.2, 0.25) is 0 Å². The van der Waals surface area contributed by atoms with Crippen molar-refractivity contribution >= 4 is 43.2 Å². The summed E-state index contributed by atoms with van der Waals surface area (Å²) in [6.45, 7) is 4.17. The molecule has 1 heterocycles. The molecule has 0 bridgehead atoms. The number of nitrogens with two attached hydrogens (primary N) is 1. The lowest BCUT2D eigenvalue weighted by molar-refractivity contribution is 0.886. The molecule has 4 heteroatoms. The van der Waals surface area contributed by atoms with Crippen molar-refractivity contribution in [3.63, 3.8) is 0 Å². The molecule has 1 nitrogen and oxygen atoms in total. The summed E-state index contributed by atoms with van der Waals surface area (Å²) < 4.78 is 2.21. The van der Waals surface area contributed by atoms with E-state index in [0.717, 1.165) is 14.5 Å². The molecule has 1 aromatic carbocycles. The summed E-state index contributed by atoms with van der Waals surface area (Å²) in [5.41, 5.74) is 8.67. The van der Waals surface area contributed by atoms with E-state index in [-0.39, 0.29) is 6.04 Å². The first-order chi connectivity index (χ1) is 7.99. The second-order valence-electron chi connectivity index (χ2n) is 4.06. The molecule has 1 unspecified atom stereocenters. The van der Waals surface area contributed by atoms with Crippen LogP contribution in [0.3, 0.4) is 0 Å². The third kappa shape index (κ3) is 2.81. The quantitative estimate of drug-likeness (QED) is 0.791. The lowest BCUT2D eigenvalue weighted by Gasteiger charge is -2.12. The Morgan fingerprint density at radius 2 is 1.82 bits per heavy atom. The smallest absolute Gasteiger partial charge is 0.0657 e. The molecule has 0 aliphatic rings. The SMILES string of the molecule is Cc1ccc(C(N)c2cc(Br)c(C)s2)c(Br)c1. The number of aryl methyl sites for hydroxylation is 2. The molecule has 17 heavy (non-hydrogen) atoms. The zero-order chi connectivity index (χ0) is 12.6. The summed E-state index contributed by atoms with van der Waals surface area (Å²) in [6, 6.07) is 8.32. The molecule has 2 aromatic rings. The number of rotatable bonds is 2. The number of thiophene rings is 1. The van der Waals surface area contributed by atoms with Gasteiger partial charge in [-0.1, -0.05) is 28.1 Å². The number of hydrogen-bond acceptors (Lipinski definition) is 2. The van der Waals surface area contributed by atoms with E-state index in [9.17, 15) is 0 Å². The van der Waals surface area contributed by atoms with E-state index in [1.165, 1.54) is 15.3 Å². The Hall–Kier alpha value is -0.160. The summed E-state index contributed by atoms with van der Waals surface area (Å²) in [7, 11) is 0. The first-order valence-electron chi connectivity index (χ1n) is 5.26. The van der Waals surface area contributed by atoms with Crippen LogP contribution in [0.25, 0.3) is 0 Å². The summed E-state index contributed by atoms with van der Waals surface area (Å²) >= 11 is 8.85. The fourth-order valence-corrected chi connectivity index (χ4v) is 3.99. The normalized spacial score (nSPS) is 12.8. The monoisotopic (exact) mass is 373 g/mol. The predicted molar refractivity (Wildman–Crippen MR) is 81.7 cm³/mol. The summed E-state index contributed by atoms with van der Waals surface area (Å²) in [4.78, 5) is 2.44. The summed E-state index contributed by atoms with van der Waals surface area (Å²) in [5, 5.41) is 0. The minimum Gasteiger partial charge on any atom is -0.320 e. The summed E-state index contributed by atoms with van der Waals surface area (Å²) in [5.74, 6) is 0. The molecule has 0 saturated carbocycles. The Morgan fingerprint density at radius 3 is 2.35 bits per heavy atom. The van der Waals surface area contributed by atoms with Crippen molar-refractivity contribution in [1.29, 1.82) is 0 Å². The Kier molecular flexibility index (Phi) is 4.08. The van der Waals surface area contributed by atoms with Crippen molar-refractivity contribution in [2.45, 2.75) is 19.9 Å². The summed E-state index contributed by atoms with van der Waals surface area (Å²) in [6.07, 6.45) is 0. The Morgan fingerprint density at radius 1 is 1.12 bits per heavy atom. The van der Waals surface area contributed by atoms with Crippen LogP contribution in [0.15, 0.2) is 33.2 Å². The molecule has 0 aliphatic carbocycles. The second kappa shape index (κ2) is 5.22. The van der Waals surface area contributed by atoms with E-state index < -0.39 is 0 Å². The van der Waals surface area contributed by atoms with Crippen molar-refractivity contribution < 1.29 is 0 Å². The maximum absolute atomic E-state index is 6.31. The zero-order valence-electron chi connectivity index (χ0n) is 9.63. The average Bonchev–Trinajstić information content (AvgIpc) is 2.58. The maximum atomic E-state index is 6.31. The van der Waals surface area contributed by atoms with Gasteiger partial charge in [-0.25, -0.2) is 0 Å². The molecule has 0 saturated heterocycles. The van der Waals surface area contributed by atoms with Crippen LogP contribution >= 0.6 is 43.2 Å². The number of halogens is 2. The van der Waals surface area contributed by atoms with Crippen molar-refractivity contribution in [2.75, 3.05) is 0 Å².